The van der Waals surface area contributed by atoms with Crippen LogP contribution in [0.15, 0.2) is 30.6 Å². The van der Waals surface area contributed by atoms with Gasteiger partial charge in [0.05, 0.1) is 6.54 Å². The molecule has 0 saturated heterocycles. The molecule has 0 aliphatic heterocycles. The van der Waals surface area contributed by atoms with E-state index in [0.717, 1.165) is 18.1 Å². The fourth-order valence-corrected chi connectivity index (χ4v) is 2.09. The third-order valence-corrected chi connectivity index (χ3v) is 3.26. The second-order valence-corrected chi connectivity index (χ2v) is 5.88. The molecule has 1 aromatic carbocycles. The number of benzene rings is 1. The number of anilines is 1. The topological polar surface area (TPSA) is 42.7 Å². The second-order valence-electron chi connectivity index (χ2n) is 5.88. The number of hydrogen-bond donors (Lipinski definition) is 1. The molecular formula is C16H24N4. The highest BCUT2D eigenvalue weighted by molar-refractivity contribution is 5.45. The Labute approximate surface area is 121 Å². The monoisotopic (exact) mass is 272 g/mol. The summed E-state index contributed by atoms with van der Waals surface area (Å²) in [6.45, 7) is 10.4. The van der Waals surface area contributed by atoms with Gasteiger partial charge < -0.3 is 5.32 Å². The smallest absolute Gasteiger partial charge is 0.146 e. The Kier molecular flexibility index (Phi) is 4.77. The molecule has 0 spiro atoms. The summed E-state index contributed by atoms with van der Waals surface area (Å²) in [5, 5.41) is 7.67. The average molecular weight is 272 g/mol. The first-order valence-corrected chi connectivity index (χ1v) is 7.26. The lowest BCUT2D eigenvalue weighted by atomic mass is 10.0. The van der Waals surface area contributed by atoms with E-state index in [1.165, 1.54) is 5.56 Å². The minimum Gasteiger partial charge on any atom is -0.378 e. The van der Waals surface area contributed by atoms with E-state index in [2.05, 4.69) is 67.4 Å². The molecule has 4 nitrogen and oxygen atoms in total. The van der Waals surface area contributed by atoms with Crippen LogP contribution in [0.4, 0.5) is 5.69 Å². The van der Waals surface area contributed by atoms with E-state index in [-0.39, 0.29) is 0 Å². The zero-order valence-corrected chi connectivity index (χ0v) is 12.8. The normalized spacial score (nSPS) is 11.3. The van der Waals surface area contributed by atoms with Gasteiger partial charge in [-0.25, -0.2) is 9.67 Å². The molecule has 1 aromatic heterocycles. The molecule has 2 aromatic rings. The zero-order valence-electron chi connectivity index (χ0n) is 12.8. The van der Waals surface area contributed by atoms with Crippen molar-refractivity contribution in [2.75, 3.05) is 5.32 Å². The van der Waals surface area contributed by atoms with Crippen LogP contribution in [0.5, 0.6) is 0 Å². The van der Waals surface area contributed by atoms with Crippen LogP contribution in [0.2, 0.25) is 0 Å². The first kappa shape index (κ1) is 14.6. The number of hydrogen-bond acceptors (Lipinski definition) is 3. The number of nitrogens with one attached hydrogen (secondary N) is 1. The van der Waals surface area contributed by atoms with Crippen LogP contribution < -0.4 is 5.32 Å². The zero-order chi connectivity index (χ0) is 14.5. The molecule has 0 aliphatic carbocycles. The van der Waals surface area contributed by atoms with Crippen molar-refractivity contribution in [2.45, 2.75) is 46.7 Å². The molecule has 0 bridgehead atoms. The van der Waals surface area contributed by atoms with E-state index in [4.69, 9.17) is 0 Å². The lowest BCUT2D eigenvalue weighted by molar-refractivity contribution is 0.468. The number of rotatable bonds is 6. The summed E-state index contributed by atoms with van der Waals surface area (Å²) in [4.78, 5) is 4.32. The average Bonchev–Trinajstić information content (AvgIpc) is 2.83. The quantitative estimate of drug-likeness (QED) is 0.872. The third kappa shape index (κ3) is 3.83. The predicted molar refractivity (Wildman–Crippen MR) is 82.7 cm³/mol. The molecule has 0 aliphatic rings. The molecule has 0 amide bonds. The van der Waals surface area contributed by atoms with E-state index in [0.29, 0.717) is 18.4 Å². The third-order valence-electron chi connectivity index (χ3n) is 3.26. The summed E-state index contributed by atoms with van der Waals surface area (Å²) in [5.41, 5.74) is 2.48. The van der Waals surface area contributed by atoms with E-state index in [1.54, 1.807) is 6.33 Å². The lowest BCUT2D eigenvalue weighted by Gasteiger charge is -2.11. The predicted octanol–water partition coefficient (Wildman–Crippen LogP) is 3.67. The van der Waals surface area contributed by atoms with Gasteiger partial charge in [-0.2, -0.15) is 5.10 Å². The Morgan fingerprint density at radius 1 is 1.10 bits per heavy atom. The molecule has 4 heteroatoms. The highest BCUT2D eigenvalue weighted by Gasteiger charge is 2.06. The minimum absolute atomic E-state index is 0.568. The van der Waals surface area contributed by atoms with E-state index in [9.17, 15) is 0 Å². The molecule has 1 N–H and O–H groups in total. The van der Waals surface area contributed by atoms with Gasteiger partial charge in [0.25, 0.3) is 0 Å². The van der Waals surface area contributed by atoms with Gasteiger partial charge in [0.1, 0.15) is 12.2 Å². The number of aromatic nitrogens is 3. The number of nitrogens with zero attached hydrogens (tertiary/aromatic N) is 3. The van der Waals surface area contributed by atoms with Gasteiger partial charge in [-0.15, -0.1) is 0 Å². The molecule has 1 heterocycles. The van der Waals surface area contributed by atoms with Gasteiger partial charge in [-0.05, 0) is 29.5 Å². The maximum atomic E-state index is 4.32. The van der Waals surface area contributed by atoms with Crippen molar-refractivity contribution in [3.63, 3.8) is 0 Å². The summed E-state index contributed by atoms with van der Waals surface area (Å²) in [6.07, 6.45) is 1.63. The molecule has 0 fully saturated rings. The Morgan fingerprint density at radius 2 is 1.80 bits per heavy atom. The SMILES string of the molecule is CC(C)Cn1ncnc1CNc1ccc(C(C)C)cc1. The summed E-state index contributed by atoms with van der Waals surface area (Å²) in [5.74, 6) is 2.12. The van der Waals surface area contributed by atoms with Crippen LogP contribution in [-0.4, -0.2) is 14.8 Å². The van der Waals surface area contributed by atoms with Gasteiger partial charge in [0.15, 0.2) is 0 Å². The molecular weight excluding hydrogens is 248 g/mol. The maximum Gasteiger partial charge on any atom is 0.146 e. The van der Waals surface area contributed by atoms with Gasteiger partial charge in [0.2, 0.25) is 0 Å². The molecule has 2 rings (SSSR count). The van der Waals surface area contributed by atoms with Crippen molar-refractivity contribution < 1.29 is 0 Å². The van der Waals surface area contributed by atoms with Crippen molar-refractivity contribution >= 4 is 5.69 Å². The molecule has 0 atom stereocenters. The van der Waals surface area contributed by atoms with Gasteiger partial charge in [-0.3, -0.25) is 0 Å². The summed E-state index contributed by atoms with van der Waals surface area (Å²) in [7, 11) is 0. The second kappa shape index (κ2) is 6.55. The lowest BCUT2D eigenvalue weighted by Crippen LogP contribution is -2.13. The maximum absolute atomic E-state index is 4.32. The van der Waals surface area contributed by atoms with Crippen LogP contribution in [0.1, 0.15) is 45.0 Å². The Morgan fingerprint density at radius 3 is 2.40 bits per heavy atom. The van der Waals surface area contributed by atoms with Crippen molar-refractivity contribution in [1.29, 1.82) is 0 Å². The summed E-state index contributed by atoms with van der Waals surface area (Å²) in [6, 6.07) is 8.59. The van der Waals surface area contributed by atoms with Crippen LogP contribution in [-0.2, 0) is 13.1 Å². The van der Waals surface area contributed by atoms with Crippen LogP contribution in [0, 0.1) is 5.92 Å². The highest BCUT2D eigenvalue weighted by atomic mass is 15.3. The molecule has 20 heavy (non-hydrogen) atoms. The summed E-state index contributed by atoms with van der Waals surface area (Å²) < 4.78 is 1.97. The first-order valence-electron chi connectivity index (χ1n) is 7.26. The Bertz CT molecular complexity index is 526. The highest BCUT2D eigenvalue weighted by Crippen LogP contribution is 2.17. The van der Waals surface area contributed by atoms with Gasteiger partial charge >= 0.3 is 0 Å². The van der Waals surface area contributed by atoms with Crippen molar-refractivity contribution in [3.05, 3.63) is 42.0 Å². The molecule has 108 valence electrons. The Balaban J connectivity index is 1.96. The van der Waals surface area contributed by atoms with Crippen molar-refractivity contribution in [2.24, 2.45) is 5.92 Å². The van der Waals surface area contributed by atoms with Crippen LogP contribution in [0.25, 0.3) is 0 Å². The van der Waals surface area contributed by atoms with Crippen LogP contribution >= 0.6 is 0 Å². The van der Waals surface area contributed by atoms with Crippen molar-refractivity contribution in [1.82, 2.24) is 14.8 Å². The van der Waals surface area contributed by atoms with E-state index < -0.39 is 0 Å². The molecule has 0 radical (unpaired) electrons. The fraction of sp³-hybridized carbons (Fsp3) is 0.500. The fourth-order valence-electron chi connectivity index (χ4n) is 2.09. The van der Waals surface area contributed by atoms with Gasteiger partial charge in [0, 0.05) is 12.2 Å². The minimum atomic E-state index is 0.568. The largest absolute Gasteiger partial charge is 0.378 e. The van der Waals surface area contributed by atoms with Crippen LogP contribution in [0.3, 0.4) is 0 Å². The Hall–Kier alpha value is -1.84. The van der Waals surface area contributed by atoms with Gasteiger partial charge in [-0.1, -0.05) is 39.8 Å². The summed E-state index contributed by atoms with van der Waals surface area (Å²) >= 11 is 0. The molecule has 0 unspecified atom stereocenters. The van der Waals surface area contributed by atoms with E-state index in [1.807, 2.05) is 4.68 Å². The molecule has 0 saturated carbocycles. The standard InChI is InChI=1S/C16H24N4/c1-12(2)10-20-16(18-11-19-20)9-17-15-7-5-14(6-8-15)13(3)4/h5-8,11-13,17H,9-10H2,1-4H3. The first-order chi connectivity index (χ1) is 9.56. The van der Waals surface area contributed by atoms with Crippen molar-refractivity contribution in [3.8, 4) is 0 Å². The van der Waals surface area contributed by atoms with E-state index >= 15 is 0 Å².